The summed E-state index contributed by atoms with van der Waals surface area (Å²) in [5, 5.41) is 2.86. The number of ether oxygens (including phenoxy) is 1. The SMILES string of the molecule is COCC1CCCN1CCNC(=O)c1ccc(F)cc1. The zero-order valence-electron chi connectivity index (χ0n) is 11.8. The van der Waals surface area contributed by atoms with Gasteiger partial charge in [0.1, 0.15) is 5.82 Å². The smallest absolute Gasteiger partial charge is 0.251 e. The van der Waals surface area contributed by atoms with Gasteiger partial charge in [0.25, 0.3) is 5.91 Å². The zero-order valence-corrected chi connectivity index (χ0v) is 11.8. The predicted octanol–water partition coefficient (Wildman–Crippen LogP) is 1.67. The fourth-order valence-corrected chi connectivity index (χ4v) is 2.59. The molecule has 1 aliphatic rings. The Labute approximate surface area is 118 Å². The van der Waals surface area contributed by atoms with Crippen molar-refractivity contribution in [3.05, 3.63) is 35.6 Å². The van der Waals surface area contributed by atoms with E-state index in [1.165, 1.54) is 30.7 Å². The van der Waals surface area contributed by atoms with Gasteiger partial charge in [-0.05, 0) is 43.7 Å². The maximum atomic E-state index is 12.8. The van der Waals surface area contributed by atoms with E-state index in [-0.39, 0.29) is 11.7 Å². The number of likely N-dealkylation sites (tertiary alicyclic amines) is 1. The number of rotatable bonds is 6. The molecule has 0 spiro atoms. The number of benzene rings is 1. The predicted molar refractivity (Wildman–Crippen MR) is 75.2 cm³/mol. The first-order valence-electron chi connectivity index (χ1n) is 6.97. The number of amides is 1. The zero-order chi connectivity index (χ0) is 14.4. The van der Waals surface area contributed by atoms with Gasteiger partial charge in [-0.25, -0.2) is 4.39 Å². The Morgan fingerprint density at radius 1 is 1.45 bits per heavy atom. The minimum absolute atomic E-state index is 0.160. The maximum Gasteiger partial charge on any atom is 0.251 e. The average molecular weight is 280 g/mol. The van der Waals surface area contributed by atoms with Gasteiger partial charge >= 0.3 is 0 Å². The number of carbonyl (C=O) groups is 1. The molecule has 1 aromatic rings. The number of halogens is 1. The van der Waals surface area contributed by atoms with Gasteiger partial charge in [0.15, 0.2) is 0 Å². The second-order valence-corrected chi connectivity index (χ2v) is 5.05. The molecule has 1 atom stereocenters. The Balaban J connectivity index is 1.75. The molecule has 2 rings (SSSR count). The summed E-state index contributed by atoms with van der Waals surface area (Å²) in [4.78, 5) is 14.2. The Hall–Kier alpha value is -1.46. The van der Waals surface area contributed by atoms with E-state index >= 15 is 0 Å². The molecule has 1 amide bonds. The lowest BCUT2D eigenvalue weighted by Gasteiger charge is -2.23. The number of carbonyl (C=O) groups excluding carboxylic acids is 1. The molecule has 1 heterocycles. The molecular formula is C15H21FN2O2. The van der Waals surface area contributed by atoms with Gasteiger partial charge in [0.05, 0.1) is 6.61 Å². The van der Waals surface area contributed by atoms with Crippen LogP contribution in [-0.2, 0) is 4.74 Å². The van der Waals surface area contributed by atoms with E-state index in [9.17, 15) is 9.18 Å². The van der Waals surface area contributed by atoms with Crippen molar-refractivity contribution in [3.8, 4) is 0 Å². The highest BCUT2D eigenvalue weighted by Gasteiger charge is 2.23. The molecule has 0 aliphatic carbocycles. The molecule has 1 unspecified atom stereocenters. The van der Waals surface area contributed by atoms with E-state index in [0.717, 1.165) is 26.1 Å². The van der Waals surface area contributed by atoms with Gasteiger partial charge in [0.2, 0.25) is 0 Å². The molecule has 4 nitrogen and oxygen atoms in total. The van der Waals surface area contributed by atoms with E-state index in [4.69, 9.17) is 4.74 Å². The van der Waals surface area contributed by atoms with Crippen molar-refractivity contribution < 1.29 is 13.9 Å². The number of nitrogens with one attached hydrogen (secondary N) is 1. The van der Waals surface area contributed by atoms with Gasteiger partial charge in [-0.15, -0.1) is 0 Å². The molecule has 1 fully saturated rings. The Bertz CT molecular complexity index is 436. The van der Waals surface area contributed by atoms with Crippen LogP contribution in [0.25, 0.3) is 0 Å². The monoisotopic (exact) mass is 280 g/mol. The molecule has 110 valence electrons. The third-order valence-corrected chi connectivity index (χ3v) is 3.65. The van der Waals surface area contributed by atoms with Crippen LogP contribution >= 0.6 is 0 Å². The fraction of sp³-hybridized carbons (Fsp3) is 0.533. The van der Waals surface area contributed by atoms with E-state index in [2.05, 4.69) is 10.2 Å². The van der Waals surface area contributed by atoms with Crippen molar-refractivity contribution in [2.45, 2.75) is 18.9 Å². The highest BCUT2D eigenvalue weighted by Crippen LogP contribution is 2.16. The normalized spacial score (nSPS) is 19.2. The molecule has 1 saturated heterocycles. The quantitative estimate of drug-likeness (QED) is 0.862. The molecule has 0 bridgehead atoms. The fourth-order valence-electron chi connectivity index (χ4n) is 2.59. The third-order valence-electron chi connectivity index (χ3n) is 3.65. The lowest BCUT2D eigenvalue weighted by atomic mass is 10.2. The van der Waals surface area contributed by atoms with Crippen LogP contribution in [0.5, 0.6) is 0 Å². The number of nitrogens with zero attached hydrogens (tertiary/aromatic N) is 1. The highest BCUT2D eigenvalue weighted by molar-refractivity contribution is 5.94. The minimum Gasteiger partial charge on any atom is -0.383 e. The molecule has 0 saturated carbocycles. The summed E-state index contributed by atoms with van der Waals surface area (Å²) < 4.78 is 18.0. The first-order valence-corrected chi connectivity index (χ1v) is 6.97. The van der Waals surface area contributed by atoms with Gasteiger partial charge < -0.3 is 10.1 Å². The first-order chi connectivity index (χ1) is 9.70. The number of hydrogen-bond acceptors (Lipinski definition) is 3. The van der Waals surface area contributed by atoms with Crippen molar-refractivity contribution in [1.82, 2.24) is 10.2 Å². The Morgan fingerprint density at radius 3 is 2.90 bits per heavy atom. The van der Waals surface area contributed by atoms with Gasteiger partial charge in [-0.3, -0.25) is 9.69 Å². The molecule has 20 heavy (non-hydrogen) atoms. The van der Waals surface area contributed by atoms with Crippen LogP contribution in [0.2, 0.25) is 0 Å². The van der Waals surface area contributed by atoms with Crippen LogP contribution in [0.3, 0.4) is 0 Å². The standard InChI is InChI=1S/C15H21FN2O2/c1-20-11-14-3-2-9-18(14)10-8-17-15(19)12-4-6-13(16)7-5-12/h4-7,14H,2-3,8-11H2,1H3,(H,17,19). The second-order valence-electron chi connectivity index (χ2n) is 5.05. The van der Waals surface area contributed by atoms with Crippen LogP contribution in [0, 0.1) is 5.82 Å². The minimum atomic E-state index is -0.332. The molecule has 1 aromatic carbocycles. The highest BCUT2D eigenvalue weighted by atomic mass is 19.1. The van der Waals surface area contributed by atoms with E-state index in [1.54, 1.807) is 7.11 Å². The topological polar surface area (TPSA) is 41.6 Å². The van der Waals surface area contributed by atoms with Gasteiger partial charge in [-0.2, -0.15) is 0 Å². The Kier molecular flexibility index (Phi) is 5.49. The summed E-state index contributed by atoms with van der Waals surface area (Å²) in [7, 11) is 1.72. The molecular weight excluding hydrogens is 259 g/mol. The Morgan fingerprint density at radius 2 is 2.20 bits per heavy atom. The van der Waals surface area contributed by atoms with Crippen LogP contribution < -0.4 is 5.32 Å². The molecule has 5 heteroatoms. The summed E-state index contributed by atoms with van der Waals surface area (Å²) in [6, 6.07) is 6.04. The van der Waals surface area contributed by atoms with Crippen LogP contribution in [0.1, 0.15) is 23.2 Å². The van der Waals surface area contributed by atoms with Crippen molar-refractivity contribution in [3.63, 3.8) is 0 Å². The summed E-state index contributed by atoms with van der Waals surface area (Å²) in [6.45, 7) is 3.21. The number of methoxy groups -OCH3 is 1. The van der Waals surface area contributed by atoms with Crippen molar-refractivity contribution in [2.24, 2.45) is 0 Å². The van der Waals surface area contributed by atoms with Crippen molar-refractivity contribution in [1.29, 1.82) is 0 Å². The van der Waals surface area contributed by atoms with Crippen LogP contribution in [0.15, 0.2) is 24.3 Å². The lowest BCUT2D eigenvalue weighted by Crippen LogP contribution is -2.39. The van der Waals surface area contributed by atoms with E-state index in [0.29, 0.717) is 18.2 Å². The molecule has 0 radical (unpaired) electrons. The van der Waals surface area contributed by atoms with Gasteiger partial charge in [-0.1, -0.05) is 0 Å². The summed E-state index contributed by atoms with van der Waals surface area (Å²) in [6.07, 6.45) is 2.33. The molecule has 1 N–H and O–H groups in total. The second kappa shape index (κ2) is 7.36. The number of hydrogen-bond donors (Lipinski definition) is 1. The third kappa shape index (κ3) is 4.02. The average Bonchev–Trinajstić information content (AvgIpc) is 2.87. The van der Waals surface area contributed by atoms with Crippen molar-refractivity contribution in [2.75, 3.05) is 33.4 Å². The first kappa shape index (κ1) is 14.9. The maximum absolute atomic E-state index is 12.8. The van der Waals surface area contributed by atoms with Gasteiger partial charge in [0, 0.05) is 31.8 Å². The van der Waals surface area contributed by atoms with Crippen LogP contribution in [-0.4, -0.2) is 50.2 Å². The molecule has 1 aliphatic heterocycles. The van der Waals surface area contributed by atoms with E-state index in [1.807, 2.05) is 0 Å². The van der Waals surface area contributed by atoms with Crippen LogP contribution in [0.4, 0.5) is 4.39 Å². The summed E-state index contributed by atoms with van der Waals surface area (Å²) in [5.41, 5.74) is 0.487. The molecule has 0 aromatic heterocycles. The van der Waals surface area contributed by atoms with Crippen molar-refractivity contribution >= 4 is 5.91 Å². The summed E-state index contributed by atoms with van der Waals surface area (Å²) in [5.74, 6) is -0.492. The summed E-state index contributed by atoms with van der Waals surface area (Å²) >= 11 is 0. The van der Waals surface area contributed by atoms with E-state index < -0.39 is 0 Å². The largest absolute Gasteiger partial charge is 0.383 e. The lowest BCUT2D eigenvalue weighted by molar-refractivity contribution is 0.0932.